The quantitative estimate of drug-likeness (QED) is 0.720. The second-order valence-corrected chi connectivity index (χ2v) is 15.5. The summed E-state index contributed by atoms with van der Waals surface area (Å²) in [5, 5.41) is 14.7. The molecule has 3 aliphatic rings. The first-order chi connectivity index (χ1) is 14.3. The molecule has 2 saturated heterocycles. The minimum Gasteiger partial charge on any atom is -0.408 e. The van der Waals surface area contributed by atoms with Gasteiger partial charge in [-0.05, 0) is 44.1 Å². The first-order valence-corrected chi connectivity index (χ1v) is 13.4. The molecule has 31 heavy (non-hydrogen) atoms. The first kappa shape index (κ1) is 20.8. The Morgan fingerprint density at radius 2 is 1.97 bits per heavy atom. The maximum atomic E-state index is 10.4. The van der Waals surface area contributed by atoms with Crippen LogP contribution in [0.25, 0.3) is 5.52 Å². The van der Waals surface area contributed by atoms with Crippen LogP contribution < -0.4 is 5.73 Å². The van der Waals surface area contributed by atoms with E-state index in [1.165, 1.54) is 6.33 Å². The molecule has 2 aromatic rings. The number of fused-ring (bicyclic) bond motifs is 1. The molecule has 1 aliphatic carbocycles. The zero-order valence-electron chi connectivity index (χ0n) is 19.0. The summed E-state index contributed by atoms with van der Waals surface area (Å²) in [7, 11) is -2.10. The van der Waals surface area contributed by atoms with Crippen LogP contribution in [0.4, 0.5) is 5.82 Å². The van der Waals surface area contributed by atoms with Crippen molar-refractivity contribution in [3.63, 3.8) is 0 Å². The Bertz CT molecular complexity index is 1120. The Morgan fingerprint density at radius 3 is 2.61 bits per heavy atom. The van der Waals surface area contributed by atoms with Crippen molar-refractivity contribution in [2.75, 3.05) is 5.73 Å². The molecule has 2 N–H and O–H groups in total. The molecule has 2 unspecified atom stereocenters. The smallest absolute Gasteiger partial charge is 0.226 e. The zero-order chi connectivity index (χ0) is 22.6. The highest BCUT2D eigenvalue weighted by Gasteiger charge is 2.89. The lowest BCUT2D eigenvalue weighted by Crippen LogP contribution is -2.49. The minimum absolute atomic E-state index is 0.0312. The summed E-state index contributed by atoms with van der Waals surface area (Å²) in [5.74, 6) is -0.545. The molecular formula is C21H29N5O4Si. The molecule has 10 heteroatoms. The third kappa shape index (κ3) is 2.55. The van der Waals surface area contributed by atoms with Crippen molar-refractivity contribution >= 4 is 19.7 Å². The van der Waals surface area contributed by atoms with E-state index in [2.05, 4.69) is 50.0 Å². The van der Waals surface area contributed by atoms with E-state index in [1.54, 1.807) is 16.6 Å². The second kappa shape index (κ2) is 5.85. The zero-order valence-corrected chi connectivity index (χ0v) is 20.0. The van der Waals surface area contributed by atoms with Gasteiger partial charge in [0.05, 0.1) is 5.69 Å². The number of ether oxygens (including phenoxy) is 3. The van der Waals surface area contributed by atoms with E-state index in [0.717, 1.165) is 0 Å². The van der Waals surface area contributed by atoms with Gasteiger partial charge in [-0.15, -0.1) is 0 Å². The normalized spacial score (nSPS) is 36.3. The summed E-state index contributed by atoms with van der Waals surface area (Å²) in [6.07, 6.45) is 0.00111. The summed E-state index contributed by atoms with van der Waals surface area (Å²) in [6, 6.07) is 5.95. The molecule has 5 atom stereocenters. The lowest BCUT2D eigenvalue weighted by molar-refractivity contribution is -0.188. The Hall–Kier alpha value is -2.03. The third-order valence-electron chi connectivity index (χ3n) is 7.23. The molecule has 0 bridgehead atoms. The van der Waals surface area contributed by atoms with Gasteiger partial charge >= 0.3 is 0 Å². The molecule has 5 rings (SSSR count). The fourth-order valence-electron chi connectivity index (χ4n) is 4.65. The predicted octanol–water partition coefficient (Wildman–Crippen LogP) is 2.72. The lowest BCUT2D eigenvalue weighted by atomic mass is 9.90. The lowest BCUT2D eigenvalue weighted by Gasteiger charge is -2.38. The summed E-state index contributed by atoms with van der Waals surface area (Å²) in [5.41, 5.74) is 4.92. The van der Waals surface area contributed by atoms with Crippen LogP contribution in [0.5, 0.6) is 0 Å². The molecule has 4 heterocycles. The number of hydrogen-bond donors (Lipinski definition) is 1. The van der Waals surface area contributed by atoms with Crippen molar-refractivity contribution in [1.29, 1.82) is 5.26 Å². The summed E-state index contributed by atoms with van der Waals surface area (Å²) < 4.78 is 27.5. The fraction of sp³-hybridized carbons (Fsp3) is 0.667. The van der Waals surface area contributed by atoms with E-state index in [1.807, 2.05) is 13.8 Å². The molecule has 2 aromatic heterocycles. The van der Waals surface area contributed by atoms with Gasteiger partial charge in [0.15, 0.2) is 25.5 Å². The van der Waals surface area contributed by atoms with E-state index >= 15 is 0 Å². The van der Waals surface area contributed by atoms with Gasteiger partial charge in [-0.1, -0.05) is 20.8 Å². The van der Waals surface area contributed by atoms with Crippen molar-refractivity contribution in [1.82, 2.24) is 14.6 Å². The number of nitrogen functional groups attached to an aromatic ring is 1. The van der Waals surface area contributed by atoms with Crippen molar-refractivity contribution < 1.29 is 18.6 Å². The Morgan fingerprint density at radius 1 is 1.26 bits per heavy atom. The Kier molecular flexibility index (Phi) is 3.93. The van der Waals surface area contributed by atoms with Crippen molar-refractivity contribution in [3.05, 3.63) is 24.2 Å². The fourth-order valence-corrected chi connectivity index (χ4v) is 5.95. The second-order valence-electron chi connectivity index (χ2n) is 10.7. The van der Waals surface area contributed by atoms with Gasteiger partial charge in [-0.3, -0.25) is 0 Å². The van der Waals surface area contributed by atoms with Crippen LogP contribution in [-0.4, -0.2) is 52.6 Å². The van der Waals surface area contributed by atoms with Crippen LogP contribution in [0.1, 0.15) is 40.3 Å². The molecule has 2 aliphatic heterocycles. The maximum Gasteiger partial charge on any atom is 0.226 e. The maximum absolute atomic E-state index is 10.4. The molecule has 1 saturated carbocycles. The predicted molar refractivity (Wildman–Crippen MR) is 114 cm³/mol. The minimum atomic E-state index is -2.10. The summed E-state index contributed by atoms with van der Waals surface area (Å²) >= 11 is 0. The number of nitrogens with two attached hydrogens (primary N) is 1. The molecule has 0 amide bonds. The van der Waals surface area contributed by atoms with E-state index in [-0.39, 0.29) is 11.1 Å². The number of anilines is 1. The van der Waals surface area contributed by atoms with E-state index < -0.39 is 37.5 Å². The van der Waals surface area contributed by atoms with Gasteiger partial charge in [0.1, 0.15) is 36.2 Å². The van der Waals surface area contributed by atoms with Crippen molar-refractivity contribution in [2.45, 2.75) is 88.1 Å². The molecule has 3 fully saturated rings. The molecule has 166 valence electrons. The van der Waals surface area contributed by atoms with Crippen LogP contribution >= 0.6 is 0 Å². The molecule has 0 radical (unpaired) electrons. The van der Waals surface area contributed by atoms with E-state index in [0.29, 0.717) is 17.0 Å². The van der Waals surface area contributed by atoms with Crippen LogP contribution in [0.3, 0.4) is 0 Å². The SMILES string of the molecule is CC1(C)O[C@H]2C(C#N)(c3ccc4c(N)ncnn34)O[C@@H]3C(O[Si](C)(C)C(C)(C)C)[C@@]32O1. The van der Waals surface area contributed by atoms with Gasteiger partial charge in [0.25, 0.3) is 0 Å². The summed E-state index contributed by atoms with van der Waals surface area (Å²) in [4.78, 5) is 4.03. The third-order valence-corrected chi connectivity index (χ3v) is 11.7. The highest BCUT2D eigenvalue weighted by molar-refractivity contribution is 6.74. The average Bonchev–Trinajstić information content (AvgIpc) is 3.00. The Balaban J connectivity index is 1.59. The molecule has 0 aromatic carbocycles. The topological polar surface area (TPSA) is 117 Å². The van der Waals surface area contributed by atoms with Crippen molar-refractivity contribution in [2.24, 2.45) is 0 Å². The number of hydrogen-bond acceptors (Lipinski definition) is 8. The van der Waals surface area contributed by atoms with Gasteiger partial charge in [-0.2, -0.15) is 10.4 Å². The number of nitriles is 1. The Labute approximate surface area is 182 Å². The molecule has 9 nitrogen and oxygen atoms in total. The standard InChI is InChI=1S/C21H29N5O4Si/c1-18(2,3)31(6,7)29-15-14-21(15)17(28-19(4,5)30-21)20(10-22,27-14)13-9-8-12-16(23)24-11-25-26(12)13/h8-9,11,14-15,17H,1-7H3,(H2,23,24,25)/t14-,15?,17+,20?,21+/m1/s1. The van der Waals surface area contributed by atoms with E-state index in [9.17, 15) is 5.26 Å². The highest BCUT2D eigenvalue weighted by atomic mass is 28.4. The van der Waals surface area contributed by atoms with Crippen LogP contribution in [0, 0.1) is 11.3 Å². The number of nitrogens with zero attached hydrogens (tertiary/aromatic N) is 4. The van der Waals surface area contributed by atoms with E-state index in [4.69, 9.17) is 24.4 Å². The first-order valence-electron chi connectivity index (χ1n) is 10.5. The van der Waals surface area contributed by atoms with Gasteiger partial charge in [0, 0.05) is 0 Å². The number of rotatable bonds is 3. The largest absolute Gasteiger partial charge is 0.408 e. The monoisotopic (exact) mass is 443 g/mol. The van der Waals surface area contributed by atoms with Gasteiger partial charge in [-0.25, -0.2) is 9.50 Å². The molecule has 1 spiro atoms. The van der Waals surface area contributed by atoms with Crippen LogP contribution in [0.15, 0.2) is 18.5 Å². The van der Waals surface area contributed by atoms with Gasteiger partial charge < -0.3 is 24.4 Å². The molecular weight excluding hydrogens is 414 g/mol. The number of aromatic nitrogens is 3. The van der Waals surface area contributed by atoms with Crippen molar-refractivity contribution in [3.8, 4) is 6.07 Å². The highest BCUT2D eigenvalue weighted by Crippen LogP contribution is 2.68. The van der Waals surface area contributed by atoms with Crippen LogP contribution in [-0.2, 0) is 24.2 Å². The average molecular weight is 444 g/mol. The summed E-state index contributed by atoms with van der Waals surface area (Å²) in [6.45, 7) is 14.7. The van der Waals surface area contributed by atoms with Gasteiger partial charge in [0.2, 0.25) is 5.60 Å². The van der Waals surface area contributed by atoms with Crippen LogP contribution in [0.2, 0.25) is 18.1 Å².